The Kier molecular flexibility index (Phi) is 5.18. The molecular weight excluding hydrogens is 268 g/mol. The van der Waals surface area contributed by atoms with Gasteiger partial charge in [-0.25, -0.2) is 0 Å². The minimum atomic E-state index is -0.442. The molecule has 2 unspecified atom stereocenters. The van der Waals surface area contributed by atoms with E-state index in [0.29, 0.717) is 11.3 Å². The molecule has 5 heteroatoms. The summed E-state index contributed by atoms with van der Waals surface area (Å²) in [6, 6.07) is 8.54. The van der Waals surface area contributed by atoms with Crippen molar-refractivity contribution in [2.75, 3.05) is 13.7 Å². The summed E-state index contributed by atoms with van der Waals surface area (Å²) in [6.45, 7) is -0.0639. The molecule has 5 nitrogen and oxygen atoms in total. The zero-order valence-corrected chi connectivity index (χ0v) is 12.2. The number of nitrogens with zero attached hydrogens (tertiary/aromatic N) is 2. The van der Waals surface area contributed by atoms with Crippen LogP contribution in [0.5, 0.6) is 5.75 Å². The number of carbonyl (C=O) groups is 1. The molecule has 1 aromatic rings. The quantitative estimate of drug-likeness (QED) is 0.915. The lowest BCUT2D eigenvalue weighted by Crippen LogP contribution is -2.47. The minimum Gasteiger partial charge on any atom is -0.484 e. The van der Waals surface area contributed by atoms with Crippen LogP contribution in [0.3, 0.4) is 0 Å². The Bertz CT molecular complexity index is 521. The lowest BCUT2D eigenvalue weighted by molar-refractivity contribution is -0.137. The predicted molar refractivity (Wildman–Crippen MR) is 77.7 cm³/mol. The first-order valence-corrected chi connectivity index (χ1v) is 7.18. The number of nitriles is 1. The van der Waals surface area contributed by atoms with E-state index in [0.717, 1.165) is 25.7 Å². The smallest absolute Gasteiger partial charge is 0.260 e. The third-order valence-corrected chi connectivity index (χ3v) is 3.93. The van der Waals surface area contributed by atoms with E-state index in [-0.39, 0.29) is 18.6 Å². The van der Waals surface area contributed by atoms with Crippen LogP contribution in [-0.4, -0.2) is 41.7 Å². The molecule has 1 saturated carbocycles. The highest BCUT2D eigenvalue weighted by Gasteiger charge is 2.29. The molecule has 0 heterocycles. The number of amides is 1. The number of likely N-dealkylation sites (N-methyl/N-ethyl adjacent to an activating group) is 1. The van der Waals surface area contributed by atoms with Crippen LogP contribution in [0, 0.1) is 11.3 Å². The van der Waals surface area contributed by atoms with Crippen molar-refractivity contribution in [2.24, 2.45) is 0 Å². The van der Waals surface area contributed by atoms with Crippen LogP contribution in [0.25, 0.3) is 0 Å². The molecule has 1 aliphatic rings. The highest BCUT2D eigenvalue weighted by molar-refractivity contribution is 5.77. The van der Waals surface area contributed by atoms with E-state index in [1.54, 1.807) is 36.2 Å². The fourth-order valence-corrected chi connectivity index (χ4v) is 2.60. The van der Waals surface area contributed by atoms with Gasteiger partial charge in [0.2, 0.25) is 0 Å². The molecule has 21 heavy (non-hydrogen) atoms. The second-order valence-electron chi connectivity index (χ2n) is 5.35. The van der Waals surface area contributed by atoms with Crippen molar-refractivity contribution in [1.82, 2.24) is 4.90 Å². The first-order chi connectivity index (χ1) is 10.1. The van der Waals surface area contributed by atoms with Gasteiger partial charge in [0, 0.05) is 7.05 Å². The molecule has 1 fully saturated rings. The Morgan fingerprint density at radius 1 is 1.38 bits per heavy atom. The van der Waals surface area contributed by atoms with Gasteiger partial charge < -0.3 is 14.7 Å². The lowest BCUT2D eigenvalue weighted by atomic mass is 9.91. The largest absolute Gasteiger partial charge is 0.484 e. The Morgan fingerprint density at radius 2 is 2.05 bits per heavy atom. The molecule has 112 valence electrons. The molecular formula is C16H20N2O3. The second kappa shape index (κ2) is 7.09. The summed E-state index contributed by atoms with van der Waals surface area (Å²) in [4.78, 5) is 13.7. The zero-order valence-electron chi connectivity index (χ0n) is 12.2. The van der Waals surface area contributed by atoms with Gasteiger partial charge in [0.05, 0.1) is 23.8 Å². The van der Waals surface area contributed by atoms with Crippen molar-refractivity contribution in [3.05, 3.63) is 29.8 Å². The number of ether oxygens (including phenoxy) is 1. The molecule has 2 atom stereocenters. The van der Waals surface area contributed by atoms with E-state index < -0.39 is 6.10 Å². The van der Waals surface area contributed by atoms with Gasteiger partial charge in [-0.2, -0.15) is 5.26 Å². The molecule has 1 aromatic carbocycles. The van der Waals surface area contributed by atoms with Gasteiger partial charge in [0.1, 0.15) is 5.75 Å². The fraction of sp³-hybridized carbons (Fsp3) is 0.500. The summed E-state index contributed by atoms with van der Waals surface area (Å²) >= 11 is 0. The molecule has 0 aromatic heterocycles. The van der Waals surface area contributed by atoms with Crippen LogP contribution in [0.2, 0.25) is 0 Å². The molecule has 1 aliphatic carbocycles. The Balaban J connectivity index is 1.87. The van der Waals surface area contributed by atoms with Gasteiger partial charge in [-0.05, 0) is 37.1 Å². The van der Waals surface area contributed by atoms with Crippen molar-refractivity contribution in [2.45, 2.75) is 37.8 Å². The Morgan fingerprint density at radius 3 is 2.67 bits per heavy atom. The zero-order chi connectivity index (χ0) is 15.2. The highest BCUT2D eigenvalue weighted by atomic mass is 16.5. The molecule has 2 rings (SSSR count). The summed E-state index contributed by atoms with van der Waals surface area (Å²) in [5, 5.41) is 18.7. The van der Waals surface area contributed by atoms with Crippen molar-refractivity contribution in [1.29, 1.82) is 5.26 Å². The standard InChI is InChI=1S/C16H20N2O3/c1-18(14-4-2-3-5-15(14)19)16(20)11-21-13-8-6-12(10-17)7-9-13/h6-9,14-15,19H,2-5,11H2,1H3. The van der Waals surface area contributed by atoms with Gasteiger partial charge in [-0.1, -0.05) is 12.8 Å². The maximum Gasteiger partial charge on any atom is 0.260 e. The van der Waals surface area contributed by atoms with Gasteiger partial charge in [0.25, 0.3) is 5.91 Å². The van der Waals surface area contributed by atoms with Crippen LogP contribution in [0.4, 0.5) is 0 Å². The van der Waals surface area contributed by atoms with E-state index >= 15 is 0 Å². The minimum absolute atomic E-state index is 0.0639. The van der Waals surface area contributed by atoms with E-state index in [1.807, 2.05) is 6.07 Å². The van der Waals surface area contributed by atoms with E-state index in [9.17, 15) is 9.90 Å². The normalized spacial score (nSPS) is 21.4. The molecule has 1 N–H and O–H groups in total. The predicted octanol–water partition coefficient (Wildman–Crippen LogP) is 1.70. The molecule has 0 aliphatic heterocycles. The third kappa shape index (κ3) is 3.96. The SMILES string of the molecule is CN(C(=O)COc1ccc(C#N)cc1)C1CCCCC1O. The van der Waals surface area contributed by atoms with Gasteiger partial charge in [-0.15, -0.1) is 0 Å². The number of aliphatic hydroxyl groups excluding tert-OH is 1. The van der Waals surface area contributed by atoms with Crippen molar-refractivity contribution in [3.63, 3.8) is 0 Å². The van der Waals surface area contributed by atoms with Crippen LogP contribution in [0.1, 0.15) is 31.2 Å². The van der Waals surface area contributed by atoms with Crippen LogP contribution in [0.15, 0.2) is 24.3 Å². The first-order valence-electron chi connectivity index (χ1n) is 7.18. The number of carbonyl (C=O) groups excluding carboxylic acids is 1. The number of benzene rings is 1. The fourth-order valence-electron chi connectivity index (χ4n) is 2.60. The van der Waals surface area contributed by atoms with E-state index in [2.05, 4.69) is 0 Å². The van der Waals surface area contributed by atoms with Gasteiger partial charge in [0.15, 0.2) is 6.61 Å². The van der Waals surface area contributed by atoms with Gasteiger partial charge >= 0.3 is 0 Å². The summed E-state index contributed by atoms with van der Waals surface area (Å²) < 4.78 is 5.43. The molecule has 0 saturated heterocycles. The average Bonchev–Trinajstić information content (AvgIpc) is 2.53. The van der Waals surface area contributed by atoms with E-state index in [4.69, 9.17) is 10.00 Å². The Hall–Kier alpha value is -2.06. The number of aliphatic hydroxyl groups is 1. The summed E-state index contributed by atoms with van der Waals surface area (Å²) in [6.07, 6.45) is 3.19. The first kappa shape index (κ1) is 15.3. The monoisotopic (exact) mass is 288 g/mol. The number of hydrogen-bond acceptors (Lipinski definition) is 4. The number of hydrogen-bond donors (Lipinski definition) is 1. The lowest BCUT2D eigenvalue weighted by Gasteiger charge is -2.35. The molecule has 0 radical (unpaired) electrons. The van der Waals surface area contributed by atoms with Crippen LogP contribution >= 0.6 is 0 Å². The summed E-state index contributed by atoms with van der Waals surface area (Å²) in [5.74, 6) is 0.408. The summed E-state index contributed by atoms with van der Waals surface area (Å²) in [5.41, 5.74) is 0.552. The average molecular weight is 288 g/mol. The summed E-state index contributed by atoms with van der Waals surface area (Å²) in [7, 11) is 1.71. The Labute approximate surface area is 124 Å². The maximum absolute atomic E-state index is 12.1. The van der Waals surface area contributed by atoms with Crippen molar-refractivity contribution < 1.29 is 14.6 Å². The topological polar surface area (TPSA) is 73.6 Å². The maximum atomic E-state index is 12.1. The molecule has 0 bridgehead atoms. The van der Waals surface area contributed by atoms with Crippen molar-refractivity contribution >= 4 is 5.91 Å². The van der Waals surface area contributed by atoms with Crippen LogP contribution < -0.4 is 4.74 Å². The highest BCUT2D eigenvalue weighted by Crippen LogP contribution is 2.22. The number of rotatable bonds is 4. The third-order valence-electron chi connectivity index (χ3n) is 3.93. The molecule has 1 amide bonds. The second-order valence-corrected chi connectivity index (χ2v) is 5.35. The van der Waals surface area contributed by atoms with Crippen molar-refractivity contribution in [3.8, 4) is 11.8 Å². The van der Waals surface area contributed by atoms with Crippen LogP contribution in [-0.2, 0) is 4.79 Å². The van der Waals surface area contributed by atoms with E-state index in [1.165, 1.54) is 0 Å². The van der Waals surface area contributed by atoms with Gasteiger partial charge in [-0.3, -0.25) is 4.79 Å². The molecule has 0 spiro atoms.